The monoisotopic (exact) mass is 377 g/mol. The van der Waals surface area contributed by atoms with Gasteiger partial charge in [-0.25, -0.2) is 0 Å². The summed E-state index contributed by atoms with van der Waals surface area (Å²) in [4.78, 5) is 5.15. The van der Waals surface area contributed by atoms with Crippen molar-refractivity contribution < 1.29 is 0 Å². The SMILES string of the molecule is CCN(CC)CC[CH2][Sn]([CH2]C)[CH2]CCN(CC)CC. The molecule has 0 saturated carbocycles. The zero-order valence-corrected chi connectivity index (χ0v) is 17.0. The molecule has 0 fully saturated rings. The average Bonchev–Trinajstić information content (AvgIpc) is 2.46. The molecule has 0 spiro atoms. The van der Waals surface area contributed by atoms with Gasteiger partial charge in [-0.05, 0) is 0 Å². The summed E-state index contributed by atoms with van der Waals surface area (Å²) in [6, 6.07) is 0. The van der Waals surface area contributed by atoms with E-state index in [1.165, 1.54) is 52.1 Å². The second-order valence-corrected chi connectivity index (χ2v) is 14.5. The molecule has 0 atom stereocenters. The number of nitrogens with zero attached hydrogens (tertiary/aromatic N) is 2. The molecule has 0 amide bonds. The third-order valence-corrected chi connectivity index (χ3v) is 13.2. The van der Waals surface area contributed by atoms with Crippen molar-refractivity contribution in [2.24, 2.45) is 0 Å². The van der Waals surface area contributed by atoms with Crippen molar-refractivity contribution in [3.63, 3.8) is 0 Å². The Morgan fingerprint density at radius 1 is 0.632 bits per heavy atom. The molecule has 19 heavy (non-hydrogen) atoms. The number of hydrogen-bond donors (Lipinski definition) is 0. The van der Waals surface area contributed by atoms with Gasteiger partial charge in [0.05, 0.1) is 0 Å². The summed E-state index contributed by atoms with van der Waals surface area (Å²) >= 11 is -1.00. The molecule has 0 aromatic carbocycles. The van der Waals surface area contributed by atoms with Crippen LogP contribution in [0.15, 0.2) is 0 Å². The summed E-state index contributed by atoms with van der Waals surface area (Å²) in [5, 5.41) is 0. The molecule has 2 nitrogen and oxygen atoms in total. The molecule has 0 aromatic rings. The summed E-state index contributed by atoms with van der Waals surface area (Å²) in [6.45, 7) is 19.2. The molecule has 0 saturated heterocycles. The zero-order chi connectivity index (χ0) is 14.5. The van der Waals surface area contributed by atoms with Gasteiger partial charge in [-0.1, -0.05) is 0 Å². The summed E-state index contributed by atoms with van der Waals surface area (Å²) in [6.07, 6.45) is 2.94. The molecule has 0 heterocycles. The van der Waals surface area contributed by atoms with Crippen LogP contribution in [0.5, 0.6) is 0 Å². The van der Waals surface area contributed by atoms with Gasteiger partial charge in [-0.2, -0.15) is 0 Å². The van der Waals surface area contributed by atoms with Crippen LogP contribution in [0.25, 0.3) is 0 Å². The van der Waals surface area contributed by atoms with Gasteiger partial charge in [0.25, 0.3) is 0 Å². The van der Waals surface area contributed by atoms with Gasteiger partial charge in [0.15, 0.2) is 0 Å². The molecule has 1 radical (unpaired) electrons. The maximum absolute atomic E-state index is 2.58. The van der Waals surface area contributed by atoms with Crippen LogP contribution in [0.1, 0.15) is 47.5 Å². The molecule has 115 valence electrons. The first-order valence-corrected chi connectivity index (χ1v) is 14.5. The van der Waals surface area contributed by atoms with Crippen LogP contribution < -0.4 is 0 Å². The Balaban J connectivity index is 3.70. The Hall–Kier alpha value is 0.719. The Labute approximate surface area is 129 Å². The first-order chi connectivity index (χ1) is 9.21. The first-order valence-electron chi connectivity index (χ1n) is 8.49. The van der Waals surface area contributed by atoms with E-state index < -0.39 is 19.8 Å². The molecule has 0 aliphatic heterocycles. The van der Waals surface area contributed by atoms with Crippen molar-refractivity contribution in [3.05, 3.63) is 0 Å². The Kier molecular flexibility index (Phi) is 14.2. The van der Waals surface area contributed by atoms with Crippen LogP contribution >= 0.6 is 0 Å². The predicted octanol–water partition coefficient (Wildman–Crippen LogP) is 3.96. The summed E-state index contributed by atoms with van der Waals surface area (Å²) in [5.41, 5.74) is 0. The summed E-state index contributed by atoms with van der Waals surface area (Å²) < 4.78 is 4.79. The fraction of sp³-hybridized carbons (Fsp3) is 1.00. The van der Waals surface area contributed by atoms with Crippen molar-refractivity contribution in [1.82, 2.24) is 9.80 Å². The van der Waals surface area contributed by atoms with E-state index in [0.717, 1.165) is 0 Å². The standard InChI is InChI=1S/2C7H16N.C2H5.Sn/c2*1-4-7-8(5-2)6-3;1-2;/h2*1,4-7H2,2-3H3;1H2,2H3;. The van der Waals surface area contributed by atoms with Crippen molar-refractivity contribution in [2.75, 3.05) is 39.3 Å². The third-order valence-electron chi connectivity index (χ3n) is 4.30. The van der Waals surface area contributed by atoms with E-state index >= 15 is 0 Å². The maximum atomic E-state index is 2.58. The molecular formula is C16H37N2Sn. The van der Waals surface area contributed by atoms with E-state index in [0.29, 0.717) is 0 Å². The Bertz CT molecular complexity index is 162. The van der Waals surface area contributed by atoms with Crippen LogP contribution in [-0.4, -0.2) is 68.8 Å². The first kappa shape index (κ1) is 19.7. The van der Waals surface area contributed by atoms with E-state index in [-0.39, 0.29) is 0 Å². The van der Waals surface area contributed by atoms with Gasteiger partial charge < -0.3 is 0 Å². The normalized spacial score (nSPS) is 12.0. The predicted molar refractivity (Wildman–Crippen MR) is 90.7 cm³/mol. The van der Waals surface area contributed by atoms with E-state index in [4.69, 9.17) is 0 Å². The van der Waals surface area contributed by atoms with Gasteiger partial charge in [0.1, 0.15) is 0 Å². The molecule has 0 aromatic heterocycles. The van der Waals surface area contributed by atoms with Gasteiger partial charge in [-0.3, -0.25) is 0 Å². The zero-order valence-electron chi connectivity index (χ0n) is 14.2. The van der Waals surface area contributed by atoms with Crippen molar-refractivity contribution in [3.8, 4) is 0 Å². The van der Waals surface area contributed by atoms with Crippen LogP contribution in [0.3, 0.4) is 0 Å². The van der Waals surface area contributed by atoms with E-state index in [1.807, 2.05) is 0 Å². The van der Waals surface area contributed by atoms with Gasteiger partial charge >= 0.3 is 130 Å². The quantitative estimate of drug-likeness (QED) is 0.449. The van der Waals surface area contributed by atoms with Gasteiger partial charge in [0.2, 0.25) is 0 Å². The van der Waals surface area contributed by atoms with E-state index in [2.05, 4.69) is 44.4 Å². The molecule has 3 heteroatoms. The van der Waals surface area contributed by atoms with Crippen molar-refractivity contribution >= 4 is 19.8 Å². The minimum atomic E-state index is -1.00. The molecular weight excluding hydrogens is 339 g/mol. The van der Waals surface area contributed by atoms with Gasteiger partial charge in [0, 0.05) is 0 Å². The fourth-order valence-electron chi connectivity index (χ4n) is 2.66. The van der Waals surface area contributed by atoms with Crippen molar-refractivity contribution in [1.29, 1.82) is 0 Å². The minimum absolute atomic E-state index is 1.00. The second-order valence-electron chi connectivity index (χ2n) is 5.36. The van der Waals surface area contributed by atoms with E-state index in [1.54, 1.807) is 13.3 Å². The fourth-order valence-corrected chi connectivity index (χ4v) is 9.15. The molecule has 0 rings (SSSR count). The summed E-state index contributed by atoms with van der Waals surface area (Å²) in [7, 11) is 0. The molecule has 0 aliphatic carbocycles. The van der Waals surface area contributed by atoms with Crippen LogP contribution in [0.2, 0.25) is 13.3 Å². The molecule has 0 aliphatic rings. The Morgan fingerprint density at radius 2 is 1.00 bits per heavy atom. The summed E-state index contributed by atoms with van der Waals surface area (Å²) in [5.74, 6) is 0. The number of rotatable bonds is 13. The third kappa shape index (κ3) is 10.1. The van der Waals surface area contributed by atoms with Crippen LogP contribution in [-0.2, 0) is 0 Å². The molecule has 0 bridgehead atoms. The average molecular weight is 376 g/mol. The second kappa shape index (κ2) is 13.7. The van der Waals surface area contributed by atoms with Gasteiger partial charge in [-0.15, -0.1) is 0 Å². The molecule has 0 unspecified atom stereocenters. The Morgan fingerprint density at radius 3 is 1.26 bits per heavy atom. The van der Waals surface area contributed by atoms with Crippen LogP contribution in [0, 0.1) is 0 Å². The number of hydrogen-bond acceptors (Lipinski definition) is 2. The van der Waals surface area contributed by atoms with E-state index in [9.17, 15) is 0 Å². The van der Waals surface area contributed by atoms with Crippen molar-refractivity contribution in [2.45, 2.75) is 60.8 Å². The molecule has 0 N–H and O–H groups in total. The topological polar surface area (TPSA) is 6.48 Å². The van der Waals surface area contributed by atoms with Crippen LogP contribution in [0.4, 0.5) is 0 Å².